The molecule has 0 aromatic rings. The Labute approximate surface area is 95.6 Å². The predicted molar refractivity (Wildman–Crippen MR) is 62.8 cm³/mol. The topological polar surface area (TPSA) is 59.3 Å². The standard InChI is InChI=1S/C9H18NO3PS/c1-5-7-15-14(11,12-6-2)13-9(3,4)8-10/h5-7H2,1-4H3. The smallest absolute Gasteiger partial charge is 0.301 e. The van der Waals surface area contributed by atoms with Crippen molar-refractivity contribution in [2.45, 2.75) is 39.7 Å². The van der Waals surface area contributed by atoms with E-state index >= 15 is 0 Å². The molecule has 0 aliphatic heterocycles. The monoisotopic (exact) mass is 251 g/mol. The van der Waals surface area contributed by atoms with Crippen molar-refractivity contribution < 1.29 is 13.6 Å². The Hall–Kier alpha value is -0.01000. The Kier molecular flexibility index (Phi) is 6.54. The van der Waals surface area contributed by atoms with Crippen molar-refractivity contribution in [3.05, 3.63) is 0 Å². The molecule has 0 fully saturated rings. The highest BCUT2D eigenvalue weighted by molar-refractivity contribution is 8.55. The number of hydrogen-bond acceptors (Lipinski definition) is 5. The Balaban J connectivity index is 4.52. The molecule has 1 unspecified atom stereocenters. The van der Waals surface area contributed by atoms with Gasteiger partial charge in [0, 0.05) is 5.75 Å². The lowest BCUT2D eigenvalue weighted by atomic mass is 10.2. The van der Waals surface area contributed by atoms with Crippen LogP contribution in [0.1, 0.15) is 34.1 Å². The average molecular weight is 251 g/mol. The lowest BCUT2D eigenvalue weighted by molar-refractivity contribution is 0.137. The molecule has 0 bridgehead atoms. The van der Waals surface area contributed by atoms with Crippen molar-refractivity contribution in [1.29, 1.82) is 5.26 Å². The van der Waals surface area contributed by atoms with Crippen LogP contribution in [0.15, 0.2) is 0 Å². The summed E-state index contributed by atoms with van der Waals surface area (Å²) in [7, 11) is 0. The molecule has 0 saturated heterocycles. The summed E-state index contributed by atoms with van der Waals surface area (Å²) in [5.74, 6) is 0.693. The van der Waals surface area contributed by atoms with E-state index < -0.39 is 12.4 Å². The van der Waals surface area contributed by atoms with Gasteiger partial charge in [0.05, 0.1) is 12.7 Å². The molecule has 0 radical (unpaired) electrons. The SMILES string of the molecule is CCCSP(=O)(OCC)OC(C)(C)C#N. The first-order chi connectivity index (χ1) is 6.89. The second-order valence-electron chi connectivity index (χ2n) is 3.41. The van der Waals surface area contributed by atoms with Gasteiger partial charge in [0.2, 0.25) is 0 Å². The van der Waals surface area contributed by atoms with Crippen LogP contribution in [0.4, 0.5) is 0 Å². The Bertz CT molecular complexity index is 275. The van der Waals surface area contributed by atoms with Gasteiger partial charge < -0.3 is 4.52 Å². The van der Waals surface area contributed by atoms with Crippen LogP contribution in [0.2, 0.25) is 0 Å². The van der Waals surface area contributed by atoms with Crippen LogP contribution >= 0.6 is 18.2 Å². The van der Waals surface area contributed by atoms with E-state index in [0.29, 0.717) is 12.4 Å². The highest BCUT2D eigenvalue weighted by Crippen LogP contribution is 2.62. The molecule has 6 heteroatoms. The van der Waals surface area contributed by atoms with Gasteiger partial charge in [-0.1, -0.05) is 6.92 Å². The van der Waals surface area contributed by atoms with Crippen molar-refractivity contribution in [2.24, 2.45) is 0 Å². The normalized spacial score (nSPS) is 15.7. The summed E-state index contributed by atoms with van der Waals surface area (Å²) in [6.45, 7) is 4.02. The number of nitrogens with zero attached hydrogens (tertiary/aromatic N) is 1. The molecule has 88 valence electrons. The maximum Gasteiger partial charge on any atom is 0.390 e. The Morgan fingerprint density at radius 1 is 1.47 bits per heavy atom. The first kappa shape index (κ1) is 15.0. The van der Waals surface area contributed by atoms with Gasteiger partial charge in [-0.25, -0.2) is 4.57 Å². The van der Waals surface area contributed by atoms with Crippen LogP contribution in [0, 0.1) is 11.3 Å². The van der Waals surface area contributed by atoms with Crippen molar-refractivity contribution >= 4 is 18.2 Å². The molecule has 0 aliphatic rings. The zero-order valence-corrected chi connectivity index (χ0v) is 11.4. The second kappa shape index (κ2) is 6.55. The fourth-order valence-electron chi connectivity index (χ4n) is 0.751. The van der Waals surface area contributed by atoms with Gasteiger partial charge in [-0.05, 0) is 38.6 Å². The molecular formula is C9H18NO3PS. The van der Waals surface area contributed by atoms with Crippen LogP contribution in [0.25, 0.3) is 0 Å². The second-order valence-corrected chi connectivity index (χ2v) is 7.53. The summed E-state index contributed by atoms with van der Waals surface area (Å²) in [5.41, 5.74) is -1.08. The first-order valence-corrected chi connectivity index (χ1v) is 8.03. The molecule has 0 saturated carbocycles. The van der Waals surface area contributed by atoms with Crippen LogP contribution in [-0.4, -0.2) is 18.0 Å². The van der Waals surface area contributed by atoms with Gasteiger partial charge in [0.1, 0.15) is 0 Å². The van der Waals surface area contributed by atoms with Crippen LogP contribution in [0.5, 0.6) is 0 Å². The van der Waals surface area contributed by atoms with Crippen molar-refractivity contribution in [3.63, 3.8) is 0 Å². The van der Waals surface area contributed by atoms with Gasteiger partial charge in [0.25, 0.3) is 0 Å². The third-order valence-electron chi connectivity index (χ3n) is 1.35. The summed E-state index contributed by atoms with van der Waals surface area (Å²) in [4.78, 5) is 0. The highest BCUT2D eigenvalue weighted by atomic mass is 32.7. The largest absolute Gasteiger partial charge is 0.390 e. The molecule has 0 heterocycles. The molecule has 15 heavy (non-hydrogen) atoms. The maximum absolute atomic E-state index is 12.1. The first-order valence-electron chi connectivity index (χ1n) is 4.90. The summed E-state index contributed by atoms with van der Waals surface area (Å²) < 4.78 is 22.5. The molecule has 0 rings (SSSR count). The molecule has 0 amide bonds. The number of hydrogen-bond donors (Lipinski definition) is 0. The third kappa shape index (κ3) is 6.21. The molecule has 0 N–H and O–H groups in total. The molecule has 0 aliphatic carbocycles. The van der Waals surface area contributed by atoms with E-state index in [9.17, 15) is 4.57 Å². The summed E-state index contributed by atoms with van der Waals surface area (Å²) in [6.07, 6.45) is 0.887. The summed E-state index contributed by atoms with van der Waals surface area (Å²) in [6, 6.07) is 1.94. The molecular weight excluding hydrogens is 233 g/mol. The van der Waals surface area contributed by atoms with E-state index in [4.69, 9.17) is 14.3 Å². The van der Waals surface area contributed by atoms with E-state index in [1.807, 2.05) is 13.0 Å². The van der Waals surface area contributed by atoms with Gasteiger partial charge >= 0.3 is 6.80 Å². The summed E-state index contributed by atoms with van der Waals surface area (Å²) >= 11 is 1.15. The Morgan fingerprint density at radius 2 is 2.07 bits per heavy atom. The van der Waals surface area contributed by atoms with Crippen molar-refractivity contribution in [1.82, 2.24) is 0 Å². The molecule has 4 nitrogen and oxygen atoms in total. The minimum Gasteiger partial charge on any atom is -0.301 e. The van der Waals surface area contributed by atoms with Gasteiger partial charge in [-0.3, -0.25) is 4.52 Å². The Morgan fingerprint density at radius 3 is 2.47 bits per heavy atom. The lowest BCUT2D eigenvalue weighted by Crippen LogP contribution is -2.20. The quantitative estimate of drug-likeness (QED) is 0.647. The van der Waals surface area contributed by atoms with Crippen LogP contribution < -0.4 is 0 Å². The zero-order valence-electron chi connectivity index (χ0n) is 9.65. The summed E-state index contributed by atoms with van der Waals surface area (Å²) in [5, 5.41) is 8.79. The van der Waals surface area contributed by atoms with E-state index in [0.717, 1.165) is 17.8 Å². The molecule has 1 atom stereocenters. The number of rotatable bonds is 7. The van der Waals surface area contributed by atoms with E-state index in [2.05, 4.69) is 0 Å². The maximum atomic E-state index is 12.1. The van der Waals surface area contributed by atoms with Gasteiger partial charge in [0.15, 0.2) is 5.60 Å². The minimum absolute atomic E-state index is 0.315. The average Bonchev–Trinajstić information content (AvgIpc) is 2.14. The fourth-order valence-corrected chi connectivity index (χ4v) is 4.73. The van der Waals surface area contributed by atoms with Gasteiger partial charge in [-0.15, -0.1) is 0 Å². The highest BCUT2D eigenvalue weighted by Gasteiger charge is 2.33. The van der Waals surface area contributed by atoms with Crippen molar-refractivity contribution in [3.8, 4) is 6.07 Å². The van der Waals surface area contributed by atoms with E-state index in [-0.39, 0.29) is 0 Å². The van der Waals surface area contributed by atoms with Crippen molar-refractivity contribution in [2.75, 3.05) is 12.4 Å². The number of nitriles is 1. The van der Waals surface area contributed by atoms with Crippen LogP contribution in [0.3, 0.4) is 0 Å². The zero-order chi connectivity index (χ0) is 11.9. The van der Waals surface area contributed by atoms with E-state index in [1.165, 1.54) is 0 Å². The van der Waals surface area contributed by atoms with Gasteiger partial charge in [-0.2, -0.15) is 5.26 Å². The molecule has 0 aromatic heterocycles. The predicted octanol–water partition coefficient (Wildman–Crippen LogP) is 3.59. The fraction of sp³-hybridized carbons (Fsp3) is 0.889. The third-order valence-corrected chi connectivity index (χ3v) is 5.55. The lowest BCUT2D eigenvalue weighted by Gasteiger charge is -2.23. The van der Waals surface area contributed by atoms with E-state index in [1.54, 1.807) is 20.8 Å². The molecule has 0 aromatic carbocycles. The van der Waals surface area contributed by atoms with Crippen LogP contribution in [-0.2, 0) is 13.6 Å². The molecule has 0 spiro atoms. The minimum atomic E-state index is -3.18.